The molecule has 87 heavy (non-hydrogen) atoms. The molecule has 3 saturated heterocycles. The largest absolute Gasteiger partial charge is 0.494 e. The summed E-state index contributed by atoms with van der Waals surface area (Å²) in [5.41, 5.74) is 10.2. The lowest BCUT2D eigenvalue weighted by Crippen LogP contribution is -2.72. The molecule has 3 aromatic rings. The van der Waals surface area contributed by atoms with Crippen molar-refractivity contribution in [3.8, 4) is 23.0 Å². The van der Waals surface area contributed by atoms with Crippen LogP contribution in [0.1, 0.15) is 119 Å². The molecular weight excluding hydrogens is 1110 g/mol. The Labute approximate surface area is 513 Å². The molecule has 0 aliphatic carbocycles. The van der Waals surface area contributed by atoms with E-state index in [1.807, 2.05) is 19.2 Å². The Kier molecular flexibility index (Phi) is 19.9. The average molecular weight is 1210 g/mol. The average Bonchev–Trinajstić information content (AvgIpc) is 2.36. The maximum absolute atomic E-state index is 17.6. The lowest BCUT2D eigenvalue weighted by molar-refractivity contribution is -0.00194. The van der Waals surface area contributed by atoms with Crippen LogP contribution >= 0.6 is 0 Å². The standard InChI is InChI=1S/C65H97F2N15O5/c1-35(2)82-23-11-14-41(17-24-82)52-55(66)47(30-42-18-25-85-58(42)52)76-63-74-37(4)27-51(80-63)71-33-45-28-43-31-48(56(67)53(59(43)86-45)39-12-9-19-69-21-15-39)77-65-75-38(5)57(83-7)62(81-65)72-34-46-29-44-32-49(78-64-73-36(3)26-50(68-6)79-64)61(84-8)54(60(44)87-46)40-13-10-20-70-22-16-40/h15-17,30-32,35-38,45-46,50-51,57,62-65,68-81H,9-14,18-29,33-34H2,1-8H3. The zero-order chi connectivity index (χ0) is 60.3. The Morgan fingerprint density at radius 3 is 1.85 bits per heavy atom. The second-order valence-corrected chi connectivity index (χ2v) is 25.7. The van der Waals surface area contributed by atoms with Crippen LogP contribution in [0.4, 0.5) is 25.8 Å². The number of fused-ring (bicyclic) bond motifs is 3. The van der Waals surface area contributed by atoms with Gasteiger partial charge in [-0.1, -0.05) is 18.2 Å². The van der Waals surface area contributed by atoms with Crippen molar-refractivity contribution in [3.63, 3.8) is 0 Å². The van der Waals surface area contributed by atoms with Crippen LogP contribution in [0.5, 0.6) is 23.0 Å². The molecule has 0 aromatic heterocycles. The summed E-state index contributed by atoms with van der Waals surface area (Å²) in [5.74, 6) is 2.34. The summed E-state index contributed by atoms with van der Waals surface area (Å²) in [6.45, 7) is 17.5. The molecule has 3 fully saturated rings. The summed E-state index contributed by atoms with van der Waals surface area (Å²) in [7, 11) is 5.46. The first-order valence-electron chi connectivity index (χ1n) is 32.5. The van der Waals surface area contributed by atoms with Gasteiger partial charge in [-0.05, 0) is 148 Å². The Morgan fingerprint density at radius 1 is 0.632 bits per heavy atom. The highest BCUT2D eigenvalue weighted by Crippen LogP contribution is 2.49. The predicted octanol–water partition coefficient (Wildman–Crippen LogP) is 5.34. The number of nitrogens with zero attached hydrogens (tertiary/aromatic N) is 1. The van der Waals surface area contributed by atoms with E-state index in [2.05, 4.69) is 138 Å². The quantitative estimate of drug-likeness (QED) is 0.0729. The van der Waals surface area contributed by atoms with Crippen LogP contribution in [0.15, 0.2) is 36.4 Å². The third kappa shape index (κ3) is 13.9. The topological polar surface area (TPSA) is 218 Å². The van der Waals surface area contributed by atoms with E-state index in [0.29, 0.717) is 85.2 Å². The molecule has 476 valence electrons. The number of nitrogens with one attached hydrogen (secondary N) is 14. The van der Waals surface area contributed by atoms with Crippen LogP contribution in [0, 0.1) is 11.6 Å². The molecule has 9 heterocycles. The lowest BCUT2D eigenvalue weighted by atomic mass is 9.95. The first-order chi connectivity index (χ1) is 42.3. The Morgan fingerprint density at radius 2 is 1.20 bits per heavy atom. The van der Waals surface area contributed by atoms with Crippen LogP contribution in [-0.2, 0) is 24.0 Å². The van der Waals surface area contributed by atoms with Gasteiger partial charge in [0.25, 0.3) is 0 Å². The van der Waals surface area contributed by atoms with E-state index in [9.17, 15) is 0 Å². The van der Waals surface area contributed by atoms with E-state index in [4.69, 9.17) is 23.7 Å². The number of hydrogen-bond acceptors (Lipinski definition) is 20. The predicted molar refractivity (Wildman–Crippen MR) is 341 cm³/mol. The number of methoxy groups -OCH3 is 2. The van der Waals surface area contributed by atoms with Crippen molar-refractivity contribution in [1.29, 1.82) is 0 Å². The summed E-state index contributed by atoms with van der Waals surface area (Å²) >= 11 is 0. The highest BCUT2D eigenvalue weighted by Gasteiger charge is 2.40. The molecule has 0 amide bonds. The Balaban J connectivity index is 0.721. The maximum Gasteiger partial charge on any atom is 0.157 e. The lowest BCUT2D eigenvalue weighted by Gasteiger charge is -2.43. The van der Waals surface area contributed by atoms with Crippen molar-refractivity contribution < 1.29 is 32.5 Å². The van der Waals surface area contributed by atoms with E-state index >= 15 is 8.78 Å². The minimum atomic E-state index is -0.521. The monoisotopic (exact) mass is 1210 g/mol. The third-order valence-corrected chi connectivity index (χ3v) is 19.0. The number of allylic oxidation sites excluding steroid dienone is 3. The molecule has 22 heteroatoms. The first-order valence-corrected chi connectivity index (χ1v) is 32.5. The van der Waals surface area contributed by atoms with Crippen molar-refractivity contribution in [1.82, 2.24) is 63.4 Å². The van der Waals surface area contributed by atoms with E-state index < -0.39 is 12.6 Å². The van der Waals surface area contributed by atoms with Gasteiger partial charge in [-0.25, -0.2) is 8.78 Å². The summed E-state index contributed by atoms with van der Waals surface area (Å²) in [6.07, 6.45) is 13.6. The van der Waals surface area contributed by atoms with Crippen LogP contribution in [0.2, 0.25) is 0 Å². The van der Waals surface area contributed by atoms with Gasteiger partial charge in [-0.3, -0.25) is 47.4 Å². The molecule has 9 aliphatic rings. The first kappa shape index (κ1) is 62.0. The summed E-state index contributed by atoms with van der Waals surface area (Å²) in [4.78, 5) is 2.43. The molecule has 20 nitrogen and oxygen atoms in total. The van der Waals surface area contributed by atoms with Gasteiger partial charge in [0.1, 0.15) is 54.4 Å². The Hall–Kier alpha value is -5.18. The number of benzene rings is 3. The molecule has 9 aliphatic heterocycles. The maximum atomic E-state index is 17.6. The molecule has 12 unspecified atom stereocenters. The van der Waals surface area contributed by atoms with Gasteiger partial charge >= 0.3 is 0 Å². The molecule has 12 rings (SSSR count). The molecule has 3 aromatic carbocycles. The van der Waals surface area contributed by atoms with Crippen molar-refractivity contribution in [2.75, 3.05) is 96.2 Å². The van der Waals surface area contributed by atoms with Crippen molar-refractivity contribution in [2.24, 2.45) is 0 Å². The van der Waals surface area contributed by atoms with Crippen LogP contribution in [0.3, 0.4) is 0 Å². The third-order valence-electron chi connectivity index (χ3n) is 19.0. The van der Waals surface area contributed by atoms with Crippen LogP contribution < -0.4 is 93.4 Å². The molecule has 0 saturated carbocycles. The zero-order valence-corrected chi connectivity index (χ0v) is 52.4. The number of ether oxygens (including phenoxy) is 5. The van der Waals surface area contributed by atoms with E-state index in [1.54, 1.807) is 14.2 Å². The van der Waals surface area contributed by atoms with Gasteiger partial charge in [-0.2, -0.15) is 0 Å². The number of hydrogen-bond donors (Lipinski definition) is 14. The fraction of sp³-hybridized carbons (Fsp3) is 0.631. The number of rotatable bonds is 19. The summed E-state index contributed by atoms with van der Waals surface area (Å²) in [6, 6.07) is 6.77. The number of halogens is 2. The second-order valence-electron chi connectivity index (χ2n) is 25.7. The van der Waals surface area contributed by atoms with Crippen molar-refractivity contribution in [2.45, 2.75) is 185 Å². The number of anilines is 3. The van der Waals surface area contributed by atoms with Gasteiger partial charge < -0.3 is 55.6 Å². The Bertz CT molecular complexity index is 3020. The molecule has 14 N–H and O–H groups in total. The van der Waals surface area contributed by atoms with Crippen molar-refractivity contribution in [3.05, 3.63) is 81.4 Å². The SMILES string of the molecule is CNC1CC(C)NC(Nc2cc3c(c(C4=CCNCCC4)c2OC)OC(CNC2NC(Nc4cc5c(c(C6=CCNCCC6)c4F)OC(CNC4CC(C)NC(Nc6cc7c(c(C8=CCN(C(C)C)CCC8)c6F)OCC7)N4)C5)NC(C)C2OC)C3)N1. The van der Waals surface area contributed by atoms with Crippen LogP contribution in [-0.4, -0.2) is 165 Å². The van der Waals surface area contributed by atoms with Crippen molar-refractivity contribution >= 4 is 33.8 Å². The zero-order valence-electron chi connectivity index (χ0n) is 52.4. The van der Waals surface area contributed by atoms with Gasteiger partial charge in [0, 0.05) is 100.0 Å². The smallest absolute Gasteiger partial charge is 0.157 e. The molecule has 12 atom stereocenters. The van der Waals surface area contributed by atoms with E-state index in [-0.39, 0.29) is 66.8 Å². The molecule has 0 bridgehead atoms. The van der Waals surface area contributed by atoms with Crippen LogP contribution in [0.25, 0.3) is 16.7 Å². The van der Waals surface area contributed by atoms with E-state index in [0.717, 1.165) is 141 Å². The van der Waals surface area contributed by atoms with Gasteiger partial charge in [-0.15, -0.1) is 0 Å². The molecule has 0 radical (unpaired) electrons. The summed E-state index contributed by atoms with van der Waals surface area (Å²) in [5, 5.41) is 50.7. The highest BCUT2D eigenvalue weighted by molar-refractivity contribution is 5.84. The second kappa shape index (κ2) is 27.9. The molecular formula is C65H97F2N15O5. The highest BCUT2D eigenvalue weighted by atomic mass is 19.1. The molecule has 0 spiro atoms. The normalized spacial score (nSPS) is 30.3. The minimum Gasteiger partial charge on any atom is -0.494 e. The van der Waals surface area contributed by atoms with Gasteiger partial charge in [0.2, 0.25) is 0 Å². The fourth-order valence-corrected chi connectivity index (χ4v) is 14.6. The van der Waals surface area contributed by atoms with Gasteiger partial charge in [0.05, 0.1) is 66.0 Å². The summed E-state index contributed by atoms with van der Waals surface area (Å²) < 4.78 is 66.9. The minimum absolute atomic E-state index is 0.115. The fourth-order valence-electron chi connectivity index (χ4n) is 14.6. The van der Waals surface area contributed by atoms with E-state index in [1.165, 1.54) is 5.57 Å². The van der Waals surface area contributed by atoms with Gasteiger partial charge in [0.15, 0.2) is 17.4 Å².